The molecule has 6 heteroatoms. The standard InChI is InChI=1S/C17H25N3O3/c1-4-7-14-16(20-9-6-5-8-15(20)18-14)17(21)19(10-12-22-2)11-13-23-3/h5-6,8-9H,4,7,10-13H2,1-3H3. The van der Waals surface area contributed by atoms with Gasteiger partial charge in [0.1, 0.15) is 11.3 Å². The highest BCUT2D eigenvalue weighted by Gasteiger charge is 2.23. The van der Waals surface area contributed by atoms with E-state index in [-0.39, 0.29) is 5.91 Å². The van der Waals surface area contributed by atoms with Crippen LogP contribution in [-0.2, 0) is 15.9 Å². The van der Waals surface area contributed by atoms with Gasteiger partial charge in [0.05, 0.1) is 18.9 Å². The van der Waals surface area contributed by atoms with Crippen molar-refractivity contribution in [2.24, 2.45) is 0 Å². The van der Waals surface area contributed by atoms with Crippen LogP contribution in [0.4, 0.5) is 0 Å². The van der Waals surface area contributed by atoms with E-state index in [2.05, 4.69) is 11.9 Å². The Labute approximate surface area is 137 Å². The van der Waals surface area contributed by atoms with Crippen LogP contribution < -0.4 is 0 Å². The van der Waals surface area contributed by atoms with Crippen molar-refractivity contribution in [3.63, 3.8) is 0 Å². The molecular weight excluding hydrogens is 294 g/mol. The van der Waals surface area contributed by atoms with Crippen molar-refractivity contribution >= 4 is 11.6 Å². The number of carbonyl (C=O) groups excluding carboxylic acids is 1. The lowest BCUT2D eigenvalue weighted by molar-refractivity contribution is 0.0619. The number of nitrogens with zero attached hydrogens (tertiary/aromatic N) is 3. The molecule has 0 saturated heterocycles. The first-order valence-corrected chi connectivity index (χ1v) is 7.96. The molecule has 0 spiro atoms. The topological polar surface area (TPSA) is 56.1 Å². The Balaban J connectivity index is 2.37. The van der Waals surface area contributed by atoms with Crippen LogP contribution in [0.3, 0.4) is 0 Å². The lowest BCUT2D eigenvalue weighted by Gasteiger charge is -2.22. The number of ether oxygens (including phenoxy) is 2. The second-order valence-electron chi connectivity index (χ2n) is 5.36. The number of rotatable bonds is 9. The SMILES string of the molecule is CCCc1nc2ccccn2c1C(=O)N(CCOC)CCOC. The largest absolute Gasteiger partial charge is 0.383 e. The maximum absolute atomic E-state index is 13.1. The molecule has 2 rings (SSSR count). The molecule has 0 saturated carbocycles. The molecule has 2 aromatic rings. The third-order valence-corrected chi connectivity index (χ3v) is 3.71. The van der Waals surface area contributed by atoms with E-state index in [1.165, 1.54) is 0 Å². The normalized spacial score (nSPS) is 11.1. The summed E-state index contributed by atoms with van der Waals surface area (Å²) in [6.45, 7) is 4.14. The lowest BCUT2D eigenvalue weighted by Crippen LogP contribution is -2.37. The van der Waals surface area contributed by atoms with E-state index in [0.717, 1.165) is 24.2 Å². The zero-order valence-electron chi connectivity index (χ0n) is 14.1. The number of carbonyl (C=O) groups is 1. The molecule has 0 aliphatic rings. The molecule has 0 aliphatic carbocycles. The van der Waals surface area contributed by atoms with Crippen LogP contribution in [0, 0.1) is 0 Å². The molecule has 0 aliphatic heterocycles. The number of methoxy groups -OCH3 is 2. The maximum atomic E-state index is 13.1. The Morgan fingerprint density at radius 1 is 1.22 bits per heavy atom. The van der Waals surface area contributed by atoms with Crippen molar-refractivity contribution in [3.05, 3.63) is 35.8 Å². The zero-order valence-corrected chi connectivity index (χ0v) is 14.1. The molecule has 0 fully saturated rings. The van der Waals surface area contributed by atoms with Gasteiger partial charge in [0.2, 0.25) is 0 Å². The third-order valence-electron chi connectivity index (χ3n) is 3.71. The Hall–Kier alpha value is -1.92. The van der Waals surface area contributed by atoms with Crippen molar-refractivity contribution in [1.29, 1.82) is 0 Å². The molecule has 0 N–H and O–H groups in total. The number of fused-ring (bicyclic) bond motifs is 1. The molecule has 126 valence electrons. The van der Waals surface area contributed by atoms with Crippen molar-refractivity contribution in [1.82, 2.24) is 14.3 Å². The van der Waals surface area contributed by atoms with Crippen LogP contribution >= 0.6 is 0 Å². The molecule has 23 heavy (non-hydrogen) atoms. The number of pyridine rings is 1. The van der Waals surface area contributed by atoms with Crippen molar-refractivity contribution in [3.8, 4) is 0 Å². The van der Waals surface area contributed by atoms with E-state index in [0.29, 0.717) is 32.0 Å². The number of amides is 1. The molecule has 2 heterocycles. The summed E-state index contributed by atoms with van der Waals surface area (Å²) in [7, 11) is 3.27. The first-order chi connectivity index (χ1) is 11.2. The number of hydrogen-bond donors (Lipinski definition) is 0. The molecule has 0 aromatic carbocycles. The summed E-state index contributed by atoms with van der Waals surface area (Å²) in [5.41, 5.74) is 2.30. The van der Waals surface area contributed by atoms with Gasteiger partial charge in [-0.1, -0.05) is 19.4 Å². The molecule has 0 bridgehead atoms. The van der Waals surface area contributed by atoms with Crippen LogP contribution in [0.15, 0.2) is 24.4 Å². The molecule has 6 nitrogen and oxygen atoms in total. The minimum atomic E-state index is -0.0266. The Morgan fingerprint density at radius 3 is 2.52 bits per heavy atom. The fourth-order valence-electron chi connectivity index (χ4n) is 2.55. The van der Waals surface area contributed by atoms with Gasteiger partial charge in [-0.15, -0.1) is 0 Å². The van der Waals surface area contributed by atoms with Crippen LogP contribution in [0.5, 0.6) is 0 Å². The van der Waals surface area contributed by atoms with Crippen molar-refractivity contribution in [2.75, 3.05) is 40.5 Å². The quantitative estimate of drug-likeness (QED) is 0.709. The maximum Gasteiger partial charge on any atom is 0.272 e. The highest BCUT2D eigenvalue weighted by Crippen LogP contribution is 2.17. The zero-order chi connectivity index (χ0) is 16.7. The summed E-state index contributed by atoms with van der Waals surface area (Å²) in [6.07, 6.45) is 3.62. The number of hydrogen-bond acceptors (Lipinski definition) is 4. The average molecular weight is 319 g/mol. The predicted molar refractivity (Wildman–Crippen MR) is 88.8 cm³/mol. The molecule has 1 amide bonds. The fraction of sp³-hybridized carbons (Fsp3) is 0.529. The minimum absolute atomic E-state index is 0.0266. The summed E-state index contributed by atoms with van der Waals surface area (Å²) in [5, 5.41) is 0. The van der Waals surface area contributed by atoms with E-state index in [9.17, 15) is 4.79 Å². The van der Waals surface area contributed by atoms with E-state index >= 15 is 0 Å². The number of imidazole rings is 1. The Kier molecular flexibility index (Phi) is 6.55. The van der Waals surface area contributed by atoms with Crippen molar-refractivity contribution in [2.45, 2.75) is 19.8 Å². The van der Waals surface area contributed by atoms with Crippen LogP contribution in [0.1, 0.15) is 29.5 Å². The van der Waals surface area contributed by atoms with Gasteiger partial charge in [0.15, 0.2) is 0 Å². The van der Waals surface area contributed by atoms with Gasteiger partial charge in [0, 0.05) is 33.5 Å². The average Bonchev–Trinajstić information content (AvgIpc) is 2.92. The summed E-state index contributed by atoms with van der Waals surface area (Å²) in [4.78, 5) is 19.5. The van der Waals surface area contributed by atoms with Gasteiger partial charge in [-0.3, -0.25) is 9.20 Å². The lowest BCUT2D eigenvalue weighted by atomic mass is 10.2. The molecular formula is C17H25N3O3. The van der Waals surface area contributed by atoms with Gasteiger partial charge >= 0.3 is 0 Å². The predicted octanol–water partition coefficient (Wildman–Crippen LogP) is 2.02. The molecule has 0 unspecified atom stereocenters. The van der Waals surface area contributed by atoms with Crippen LogP contribution in [-0.4, -0.2) is 60.7 Å². The van der Waals surface area contributed by atoms with Gasteiger partial charge in [-0.05, 0) is 18.6 Å². The van der Waals surface area contributed by atoms with Crippen molar-refractivity contribution < 1.29 is 14.3 Å². The second-order valence-corrected chi connectivity index (χ2v) is 5.36. The first kappa shape index (κ1) is 17.4. The first-order valence-electron chi connectivity index (χ1n) is 7.96. The molecule has 2 aromatic heterocycles. The smallest absolute Gasteiger partial charge is 0.272 e. The van der Waals surface area contributed by atoms with Crippen LogP contribution in [0.25, 0.3) is 5.65 Å². The van der Waals surface area contributed by atoms with E-state index in [1.807, 2.05) is 28.8 Å². The van der Waals surface area contributed by atoms with E-state index in [4.69, 9.17) is 9.47 Å². The fourth-order valence-corrected chi connectivity index (χ4v) is 2.55. The second kappa shape index (κ2) is 8.64. The molecule has 0 atom stereocenters. The number of aryl methyl sites for hydroxylation is 1. The Bertz CT molecular complexity index is 631. The van der Waals surface area contributed by atoms with E-state index < -0.39 is 0 Å². The van der Waals surface area contributed by atoms with Gasteiger partial charge in [-0.2, -0.15) is 0 Å². The van der Waals surface area contributed by atoms with Crippen LogP contribution in [0.2, 0.25) is 0 Å². The highest BCUT2D eigenvalue weighted by atomic mass is 16.5. The summed E-state index contributed by atoms with van der Waals surface area (Å²) >= 11 is 0. The Morgan fingerprint density at radius 2 is 1.91 bits per heavy atom. The summed E-state index contributed by atoms with van der Waals surface area (Å²) in [5.74, 6) is -0.0266. The molecule has 0 radical (unpaired) electrons. The third kappa shape index (κ3) is 4.09. The van der Waals surface area contributed by atoms with E-state index in [1.54, 1.807) is 19.1 Å². The summed E-state index contributed by atoms with van der Waals surface area (Å²) < 4.78 is 12.1. The van der Waals surface area contributed by atoms with Gasteiger partial charge in [-0.25, -0.2) is 4.98 Å². The minimum Gasteiger partial charge on any atom is -0.383 e. The summed E-state index contributed by atoms with van der Waals surface area (Å²) in [6, 6.07) is 5.76. The number of aromatic nitrogens is 2. The van der Waals surface area contributed by atoms with Gasteiger partial charge in [0.25, 0.3) is 5.91 Å². The highest BCUT2D eigenvalue weighted by molar-refractivity contribution is 5.94. The monoisotopic (exact) mass is 319 g/mol. The van der Waals surface area contributed by atoms with Gasteiger partial charge < -0.3 is 14.4 Å².